The Morgan fingerprint density at radius 3 is 0.114 bits per heavy atom. The number of rotatable bonds is 0. The molecule has 0 N–H and O–H groups in total. The second-order valence-electron chi connectivity index (χ2n) is 0. The van der Waals surface area contributed by atoms with Gasteiger partial charge < -0.3 is 71.9 Å². The fourth-order valence-corrected chi connectivity index (χ4v) is 0. The van der Waals surface area contributed by atoms with Crippen molar-refractivity contribution in [1.82, 2.24) is 0 Å². The van der Waals surface area contributed by atoms with Gasteiger partial charge in [0.15, 0.2) is 0 Å². The van der Waals surface area contributed by atoms with Crippen LogP contribution in [0.5, 0.6) is 0 Å². The van der Waals surface area contributed by atoms with Gasteiger partial charge in [-0.05, 0) is 0 Å². The summed E-state index contributed by atoms with van der Waals surface area (Å²) in [4.78, 5) is 116. The standard InChI is InChI=1S/15CHO.5Fe/c15*1-2;;;;;/h15*1H;;;;;/q15*-1;5*+3. The topological polar surface area (TPSA) is 256 Å². The summed E-state index contributed by atoms with van der Waals surface area (Å²) >= 11 is 0. The van der Waals surface area contributed by atoms with Crippen molar-refractivity contribution in [2.24, 2.45) is 0 Å². The molecular weight excluding hydrogens is 699 g/mol. The minimum atomic E-state index is 0. The molecule has 0 saturated heterocycles. The zero-order chi connectivity index (χ0) is 30.0. The third kappa shape index (κ3) is 5030. The Hall–Kier alpha value is -2.35. The molecule has 205 valence electrons. The zero-order valence-electron chi connectivity index (χ0n) is 16.6. The van der Waals surface area contributed by atoms with Crippen molar-refractivity contribution < 1.29 is 157 Å². The van der Waals surface area contributed by atoms with Gasteiger partial charge in [-0.2, -0.15) is 0 Å². The van der Waals surface area contributed by atoms with Crippen molar-refractivity contribution in [3.63, 3.8) is 0 Å². The summed E-state index contributed by atoms with van der Waals surface area (Å²) in [7, 11) is 0. The molecule has 0 rings (SSSR count). The van der Waals surface area contributed by atoms with Gasteiger partial charge in [-0.3, -0.25) is 102 Å². The molecule has 35 heavy (non-hydrogen) atoms. The van der Waals surface area contributed by atoms with Crippen LogP contribution >= 0.6 is 0 Å². The Labute approximate surface area is 257 Å². The molecule has 0 aliphatic rings. The van der Waals surface area contributed by atoms with Crippen LogP contribution in [0.3, 0.4) is 0 Å². The summed E-state index contributed by atoms with van der Waals surface area (Å²) < 4.78 is 0. The molecule has 0 fully saturated rings. The second kappa shape index (κ2) is 5370. The zero-order valence-corrected chi connectivity index (χ0v) is 22.1. The average molecular weight is 714 g/mol. The third-order valence-corrected chi connectivity index (χ3v) is 0. The van der Waals surface area contributed by atoms with E-state index in [0.717, 1.165) is 0 Å². The Balaban J connectivity index is -0.00000000379. The van der Waals surface area contributed by atoms with Gasteiger partial charge in [0.05, 0.1) is 0 Å². The largest absolute Gasteiger partial charge is 3.00 e. The van der Waals surface area contributed by atoms with E-state index in [1.165, 1.54) is 0 Å². The molecular formula is C15H15Fe5O15. The first kappa shape index (κ1) is 204. The van der Waals surface area contributed by atoms with Crippen LogP contribution in [0.25, 0.3) is 0 Å². The Morgan fingerprint density at radius 1 is 0.114 bits per heavy atom. The summed E-state index contributed by atoms with van der Waals surface area (Å²) in [5, 5.41) is 0. The van der Waals surface area contributed by atoms with Gasteiger partial charge in [0.25, 0.3) is 0 Å². The molecule has 0 spiro atoms. The summed E-state index contributed by atoms with van der Waals surface area (Å²) in [6.45, 7) is 48.8. The summed E-state index contributed by atoms with van der Waals surface area (Å²) in [6.07, 6.45) is 0. The smallest absolute Gasteiger partial charge is 0.545 e. The minimum Gasteiger partial charge on any atom is -0.545 e. The van der Waals surface area contributed by atoms with E-state index in [1.807, 2.05) is 0 Å². The average Bonchev–Trinajstić information content (AvgIpc) is 3.00. The van der Waals surface area contributed by atoms with E-state index in [0.29, 0.717) is 0 Å². The van der Waals surface area contributed by atoms with Crippen LogP contribution in [-0.2, 0) is 157 Å². The molecule has 5 radical (unpaired) electrons. The minimum absolute atomic E-state index is 0. The van der Waals surface area contributed by atoms with Crippen LogP contribution in [0.4, 0.5) is 0 Å². The van der Waals surface area contributed by atoms with Crippen molar-refractivity contribution in [1.29, 1.82) is 0 Å². The molecule has 0 bridgehead atoms. The van der Waals surface area contributed by atoms with Crippen molar-refractivity contribution >= 4 is 102 Å². The molecule has 0 aromatic carbocycles. The first-order valence-corrected chi connectivity index (χ1v) is 3.54. The molecule has 15 nitrogen and oxygen atoms in total. The van der Waals surface area contributed by atoms with Gasteiger partial charge in [-0.25, -0.2) is 0 Å². The van der Waals surface area contributed by atoms with Crippen LogP contribution in [0.2, 0.25) is 0 Å². The maximum atomic E-state index is 7.75. The summed E-state index contributed by atoms with van der Waals surface area (Å²) in [6, 6.07) is 0. The molecule has 0 saturated carbocycles. The predicted molar refractivity (Wildman–Crippen MR) is 101 cm³/mol. The van der Waals surface area contributed by atoms with Crippen LogP contribution in [0.15, 0.2) is 0 Å². The van der Waals surface area contributed by atoms with Crippen molar-refractivity contribution in [3.05, 3.63) is 0 Å². The van der Waals surface area contributed by atoms with Crippen LogP contribution < -0.4 is 0 Å². The maximum absolute atomic E-state index is 7.75. The van der Waals surface area contributed by atoms with Crippen molar-refractivity contribution in [3.8, 4) is 0 Å². The monoisotopic (exact) mass is 715 g/mol. The van der Waals surface area contributed by atoms with E-state index >= 15 is 0 Å². The summed E-state index contributed by atoms with van der Waals surface area (Å²) in [5.74, 6) is 0. The van der Waals surface area contributed by atoms with Crippen molar-refractivity contribution in [2.45, 2.75) is 0 Å². The second-order valence-corrected chi connectivity index (χ2v) is 0. The molecule has 20 heteroatoms. The van der Waals surface area contributed by atoms with E-state index < -0.39 is 0 Å². The summed E-state index contributed by atoms with van der Waals surface area (Å²) in [5.41, 5.74) is 0. The van der Waals surface area contributed by atoms with Crippen molar-refractivity contribution in [2.75, 3.05) is 0 Å². The predicted octanol–water partition coefficient (Wildman–Crippen LogP) is -4.12. The van der Waals surface area contributed by atoms with E-state index in [-0.39, 0.29) is 85.3 Å². The molecule has 0 amide bonds. The first-order valence-electron chi connectivity index (χ1n) is 3.54. The third-order valence-electron chi connectivity index (χ3n) is 0. The van der Waals surface area contributed by atoms with Gasteiger partial charge in [-0.1, -0.05) is 0 Å². The van der Waals surface area contributed by atoms with E-state index in [2.05, 4.69) is 102 Å². The molecule has 0 aromatic heterocycles. The Kier molecular flexibility index (Phi) is 31400. The molecule has 0 atom stereocenters. The first-order chi connectivity index (χ1) is 15.0. The molecule has 0 heterocycles. The van der Waals surface area contributed by atoms with Crippen LogP contribution in [0, 0.1) is 0 Å². The van der Waals surface area contributed by atoms with E-state index in [9.17, 15) is 0 Å². The Bertz CT molecular complexity index is 109. The molecule has 0 aromatic rings. The van der Waals surface area contributed by atoms with Crippen LogP contribution in [-0.4, -0.2) is 102 Å². The maximum Gasteiger partial charge on any atom is 3.00 e. The fraction of sp³-hybridized carbons (Fsp3) is 0. The van der Waals surface area contributed by atoms with Gasteiger partial charge in [0, 0.05) is 0 Å². The van der Waals surface area contributed by atoms with E-state index in [1.54, 1.807) is 0 Å². The number of hydrogen-bond donors (Lipinski definition) is 0. The number of hydrogen-bond acceptors (Lipinski definition) is 15. The van der Waals surface area contributed by atoms with Gasteiger partial charge in [0.2, 0.25) is 0 Å². The normalized spacial score (nSPS) is 1.71. The van der Waals surface area contributed by atoms with Crippen LogP contribution in [0.1, 0.15) is 0 Å². The quantitative estimate of drug-likeness (QED) is 0.131. The molecule has 0 unspecified atom stereocenters. The van der Waals surface area contributed by atoms with Gasteiger partial charge in [0.1, 0.15) is 0 Å². The van der Waals surface area contributed by atoms with E-state index in [4.69, 9.17) is 71.9 Å². The molecule has 0 aliphatic carbocycles. The molecule has 0 aliphatic heterocycles. The van der Waals surface area contributed by atoms with Gasteiger partial charge in [-0.15, -0.1) is 0 Å². The SMILES string of the molecule is [CH-]=O.[CH-]=O.[CH-]=O.[CH-]=O.[CH-]=O.[CH-]=O.[CH-]=O.[CH-]=O.[CH-]=O.[CH-]=O.[CH-]=O.[CH-]=O.[CH-]=O.[CH-]=O.[CH-]=O.[Fe+3].[Fe+3].[Fe+3].[Fe+3].[Fe+3]. The number of carbonyl (C=O) groups excluding carboxylic acids is 15. The Morgan fingerprint density at radius 2 is 0.114 bits per heavy atom. The fourth-order valence-electron chi connectivity index (χ4n) is 0. The van der Waals surface area contributed by atoms with Gasteiger partial charge >= 0.3 is 85.3 Å².